The molecule has 1 amide bonds. The van der Waals surface area contributed by atoms with Crippen LogP contribution in [0.4, 0.5) is 11.9 Å². The maximum atomic E-state index is 11.4. The Morgan fingerprint density at radius 2 is 1.88 bits per heavy atom. The summed E-state index contributed by atoms with van der Waals surface area (Å²) in [5.74, 6) is 0.733. The molecule has 0 bridgehead atoms. The van der Waals surface area contributed by atoms with E-state index < -0.39 is 0 Å². The van der Waals surface area contributed by atoms with Gasteiger partial charge in [0.2, 0.25) is 11.9 Å². The first kappa shape index (κ1) is 16.6. The zero-order valence-corrected chi connectivity index (χ0v) is 14.9. The third-order valence-electron chi connectivity index (χ3n) is 4.43. The van der Waals surface area contributed by atoms with Gasteiger partial charge in [-0.1, -0.05) is 54.1 Å². The van der Waals surface area contributed by atoms with Crippen LogP contribution in [0.3, 0.4) is 0 Å². The fraction of sp³-hybridized carbons (Fsp3) is 0.211. The molecule has 2 heterocycles. The SMILES string of the molecule is CC(=O)Nc1nc2n(n1)[C@@H](c1ccc(Cl)cc1)C[C@@H](c1ccccc1)N2. The quantitative estimate of drug-likeness (QED) is 0.733. The number of halogens is 1. The number of carbonyl (C=O) groups excluding carboxylic acids is 1. The molecule has 0 radical (unpaired) electrons. The van der Waals surface area contributed by atoms with Gasteiger partial charge in [0, 0.05) is 11.9 Å². The Morgan fingerprint density at radius 1 is 1.15 bits per heavy atom. The van der Waals surface area contributed by atoms with Crippen LogP contribution in [-0.2, 0) is 4.79 Å². The monoisotopic (exact) mass is 367 g/mol. The molecule has 132 valence electrons. The van der Waals surface area contributed by atoms with E-state index in [2.05, 4.69) is 32.8 Å². The molecule has 1 aromatic heterocycles. The van der Waals surface area contributed by atoms with Gasteiger partial charge in [0.05, 0.1) is 12.1 Å². The van der Waals surface area contributed by atoms with Gasteiger partial charge in [-0.2, -0.15) is 4.98 Å². The van der Waals surface area contributed by atoms with Crippen molar-refractivity contribution in [3.8, 4) is 0 Å². The number of aromatic nitrogens is 3. The first-order chi connectivity index (χ1) is 12.6. The Kier molecular flexibility index (Phi) is 4.34. The number of amides is 1. The average Bonchev–Trinajstić information content (AvgIpc) is 3.04. The molecule has 7 heteroatoms. The predicted octanol–water partition coefficient (Wildman–Crippen LogP) is 4.04. The van der Waals surface area contributed by atoms with Gasteiger partial charge < -0.3 is 5.32 Å². The van der Waals surface area contributed by atoms with E-state index in [-0.39, 0.29) is 18.0 Å². The van der Waals surface area contributed by atoms with Crippen LogP contribution in [0.25, 0.3) is 0 Å². The summed E-state index contributed by atoms with van der Waals surface area (Å²) in [6.45, 7) is 1.44. The molecule has 1 aliphatic heterocycles. The fourth-order valence-corrected chi connectivity index (χ4v) is 3.38. The van der Waals surface area contributed by atoms with Crippen LogP contribution in [0.5, 0.6) is 0 Å². The molecular weight excluding hydrogens is 350 g/mol. The molecule has 2 atom stereocenters. The number of hydrogen-bond acceptors (Lipinski definition) is 4. The number of anilines is 2. The van der Waals surface area contributed by atoms with Crippen molar-refractivity contribution in [1.82, 2.24) is 14.8 Å². The fourth-order valence-electron chi connectivity index (χ4n) is 3.25. The van der Waals surface area contributed by atoms with Gasteiger partial charge in [0.25, 0.3) is 5.95 Å². The van der Waals surface area contributed by atoms with Crippen molar-refractivity contribution in [2.24, 2.45) is 0 Å². The largest absolute Gasteiger partial charge is 0.347 e. The second-order valence-electron chi connectivity index (χ2n) is 6.30. The molecule has 2 N–H and O–H groups in total. The van der Waals surface area contributed by atoms with E-state index in [0.717, 1.165) is 12.0 Å². The zero-order chi connectivity index (χ0) is 18.1. The topological polar surface area (TPSA) is 71.8 Å². The summed E-state index contributed by atoms with van der Waals surface area (Å²) >= 11 is 6.04. The summed E-state index contributed by atoms with van der Waals surface area (Å²) in [7, 11) is 0. The minimum absolute atomic E-state index is 0.0104. The van der Waals surface area contributed by atoms with Crippen LogP contribution >= 0.6 is 11.6 Å². The van der Waals surface area contributed by atoms with Gasteiger partial charge >= 0.3 is 0 Å². The molecular formula is C19H18ClN5O. The Bertz CT molecular complexity index is 923. The molecule has 26 heavy (non-hydrogen) atoms. The van der Waals surface area contributed by atoms with Crippen molar-refractivity contribution < 1.29 is 4.79 Å². The van der Waals surface area contributed by atoms with Crippen LogP contribution in [0.2, 0.25) is 5.02 Å². The van der Waals surface area contributed by atoms with Crippen molar-refractivity contribution in [1.29, 1.82) is 0 Å². The lowest BCUT2D eigenvalue weighted by atomic mass is 9.93. The third kappa shape index (κ3) is 3.28. The Balaban J connectivity index is 1.75. The minimum Gasteiger partial charge on any atom is -0.347 e. The Morgan fingerprint density at radius 3 is 2.58 bits per heavy atom. The minimum atomic E-state index is -0.199. The van der Waals surface area contributed by atoms with E-state index >= 15 is 0 Å². The maximum Gasteiger partial charge on any atom is 0.250 e. The normalized spacial score (nSPS) is 18.7. The van der Waals surface area contributed by atoms with Crippen molar-refractivity contribution in [3.63, 3.8) is 0 Å². The summed E-state index contributed by atoms with van der Waals surface area (Å²) < 4.78 is 1.83. The Hall–Kier alpha value is -2.86. The highest BCUT2D eigenvalue weighted by Gasteiger charge is 2.31. The second kappa shape index (κ2) is 6.80. The number of carbonyl (C=O) groups is 1. The molecule has 0 saturated heterocycles. The van der Waals surface area contributed by atoms with Gasteiger partial charge in [-0.05, 0) is 29.7 Å². The van der Waals surface area contributed by atoms with Gasteiger partial charge in [0.15, 0.2) is 0 Å². The first-order valence-corrected chi connectivity index (χ1v) is 8.79. The molecule has 0 spiro atoms. The van der Waals surface area contributed by atoms with Gasteiger partial charge in [-0.15, -0.1) is 5.10 Å². The summed E-state index contributed by atoms with van der Waals surface area (Å²) in [6.07, 6.45) is 0.807. The number of nitrogens with zero attached hydrogens (tertiary/aromatic N) is 3. The van der Waals surface area contributed by atoms with Gasteiger partial charge in [-0.3, -0.25) is 10.1 Å². The molecule has 6 nitrogen and oxygen atoms in total. The molecule has 2 aromatic carbocycles. The van der Waals surface area contributed by atoms with Crippen LogP contribution in [0, 0.1) is 0 Å². The number of benzene rings is 2. The lowest BCUT2D eigenvalue weighted by Crippen LogP contribution is -2.28. The molecule has 3 aromatic rings. The lowest BCUT2D eigenvalue weighted by Gasteiger charge is -2.31. The highest BCUT2D eigenvalue weighted by molar-refractivity contribution is 6.30. The second-order valence-corrected chi connectivity index (χ2v) is 6.73. The summed E-state index contributed by atoms with van der Waals surface area (Å²) in [5.41, 5.74) is 2.28. The van der Waals surface area contributed by atoms with Crippen LogP contribution in [0.15, 0.2) is 54.6 Å². The van der Waals surface area contributed by atoms with Gasteiger partial charge in [0.1, 0.15) is 0 Å². The van der Waals surface area contributed by atoms with E-state index in [4.69, 9.17) is 11.6 Å². The number of fused-ring (bicyclic) bond motifs is 1. The van der Waals surface area contributed by atoms with Crippen molar-refractivity contribution in [2.75, 3.05) is 10.6 Å². The molecule has 0 saturated carbocycles. The van der Waals surface area contributed by atoms with E-state index in [1.165, 1.54) is 12.5 Å². The smallest absolute Gasteiger partial charge is 0.250 e. The summed E-state index contributed by atoms with van der Waals surface area (Å²) in [5, 5.41) is 11.3. The molecule has 0 aliphatic carbocycles. The van der Waals surface area contributed by atoms with Gasteiger partial charge in [-0.25, -0.2) is 4.68 Å². The number of nitrogens with one attached hydrogen (secondary N) is 2. The average molecular weight is 368 g/mol. The summed E-state index contributed by atoms with van der Waals surface area (Å²) in [4.78, 5) is 15.8. The highest BCUT2D eigenvalue weighted by atomic mass is 35.5. The zero-order valence-electron chi connectivity index (χ0n) is 14.2. The van der Waals surface area contributed by atoms with Crippen molar-refractivity contribution >= 4 is 29.4 Å². The third-order valence-corrected chi connectivity index (χ3v) is 4.69. The van der Waals surface area contributed by atoms with Crippen LogP contribution in [-0.4, -0.2) is 20.7 Å². The van der Waals surface area contributed by atoms with E-state index in [1.54, 1.807) is 0 Å². The number of rotatable bonds is 3. The van der Waals surface area contributed by atoms with Crippen LogP contribution < -0.4 is 10.6 Å². The number of hydrogen-bond donors (Lipinski definition) is 2. The predicted molar refractivity (Wildman–Crippen MR) is 101 cm³/mol. The van der Waals surface area contributed by atoms with E-state index in [0.29, 0.717) is 16.9 Å². The molecule has 0 unspecified atom stereocenters. The van der Waals surface area contributed by atoms with Crippen LogP contribution in [0.1, 0.15) is 36.6 Å². The van der Waals surface area contributed by atoms with E-state index in [1.807, 2.05) is 47.1 Å². The molecule has 4 rings (SSSR count). The van der Waals surface area contributed by atoms with Crippen molar-refractivity contribution in [3.05, 3.63) is 70.7 Å². The molecule has 0 fully saturated rings. The highest BCUT2D eigenvalue weighted by Crippen LogP contribution is 2.38. The maximum absolute atomic E-state index is 11.4. The first-order valence-electron chi connectivity index (χ1n) is 8.41. The van der Waals surface area contributed by atoms with E-state index in [9.17, 15) is 4.79 Å². The summed E-state index contributed by atoms with van der Waals surface area (Å²) in [6, 6.07) is 18.1. The lowest BCUT2D eigenvalue weighted by molar-refractivity contribution is -0.114. The van der Waals surface area contributed by atoms with Crippen molar-refractivity contribution in [2.45, 2.75) is 25.4 Å². The standard InChI is InChI=1S/C19H18ClN5O/c1-12(26)21-18-23-19-22-16(13-5-3-2-4-6-13)11-17(25(19)24-18)14-7-9-15(20)10-8-14/h2-10,16-17H,11H2,1H3,(H2,21,22,23,24,26)/t16-,17+/m0/s1. The Labute approximate surface area is 156 Å². The molecule has 1 aliphatic rings.